The summed E-state index contributed by atoms with van der Waals surface area (Å²) in [6.45, 7) is 2.70. The molecule has 3 nitrogen and oxygen atoms in total. The molecule has 0 fully saturated rings. The third kappa shape index (κ3) is 3.93. The highest BCUT2D eigenvalue weighted by molar-refractivity contribution is 5.94. The summed E-state index contributed by atoms with van der Waals surface area (Å²) in [5.74, 6) is 5.77. The van der Waals surface area contributed by atoms with Crippen LogP contribution in [0.3, 0.4) is 0 Å². The van der Waals surface area contributed by atoms with E-state index in [-0.39, 0.29) is 12.5 Å². The van der Waals surface area contributed by atoms with Gasteiger partial charge in [-0.15, -0.1) is 0 Å². The molecule has 1 aromatic rings. The average molecular weight is 231 g/mol. The second-order valence-corrected chi connectivity index (χ2v) is 3.67. The predicted molar refractivity (Wildman–Crippen MR) is 67.7 cm³/mol. The molecule has 0 aliphatic carbocycles. The van der Waals surface area contributed by atoms with E-state index in [4.69, 9.17) is 5.11 Å². The van der Waals surface area contributed by atoms with Gasteiger partial charge in [0.15, 0.2) is 0 Å². The monoisotopic (exact) mass is 231 g/mol. The molecule has 90 valence electrons. The van der Waals surface area contributed by atoms with Gasteiger partial charge in [0.25, 0.3) is 5.91 Å². The van der Waals surface area contributed by atoms with Crippen LogP contribution in [0.5, 0.6) is 0 Å². The van der Waals surface area contributed by atoms with Crippen molar-refractivity contribution in [3.63, 3.8) is 0 Å². The summed E-state index contributed by atoms with van der Waals surface area (Å²) in [6.07, 6.45) is 0.471. The van der Waals surface area contributed by atoms with Crippen molar-refractivity contribution < 1.29 is 9.90 Å². The predicted octanol–water partition coefficient (Wildman–Crippen LogP) is 1.51. The van der Waals surface area contributed by atoms with Gasteiger partial charge in [0, 0.05) is 31.1 Å². The highest BCUT2D eigenvalue weighted by atomic mass is 16.2. The van der Waals surface area contributed by atoms with E-state index in [0.29, 0.717) is 18.5 Å². The van der Waals surface area contributed by atoms with Gasteiger partial charge in [0.05, 0.1) is 6.61 Å². The summed E-state index contributed by atoms with van der Waals surface area (Å²) < 4.78 is 0. The Labute approximate surface area is 102 Å². The van der Waals surface area contributed by atoms with Gasteiger partial charge in [0.1, 0.15) is 0 Å². The summed E-state index contributed by atoms with van der Waals surface area (Å²) >= 11 is 0. The molecule has 17 heavy (non-hydrogen) atoms. The number of aliphatic hydroxyl groups is 1. The average Bonchev–Trinajstić information content (AvgIpc) is 2.38. The molecule has 1 aromatic carbocycles. The number of benzene rings is 1. The van der Waals surface area contributed by atoms with E-state index >= 15 is 0 Å². The molecule has 0 aliphatic heterocycles. The zero-order valence-corrected chi connectivity index (χ0v) is 10.2. The van der Waals surface area contributed by atoms with Crippen LogP contribution in [0.2, 0.25) is 0 Å². The van der Waals surface area contributed by atoms with E-state index in [1.165, 1.54) is 0 Å². The van der Waals surface area contributed by atoms with Crippen molar-refractivity contribution in [2.75, 3.05) is 20.2 Å². The van der Waals surface area contributed by atoms with Gasteiger partial charge < -0.3 is 10.0 Å². The second kappa shape index (κ2) is 6.72. The van der Waals surface area contributed by atoms with Crippen LogP contribution < -0.4 is 0 Å². The molecule has 0 unspecified atom stereocenters. The normalized spacial score (nSPS) is 9.35. The number of hydrogen-bond acceptors (Lipinski definition) is 2. The van der Waals surface area contributed by atoms with Gasteiger partial charge in [-0.3, -0.25) is 4.79 Å². The Morgan fingerprint density at radius 1 is 1.35 bits per heavy atom. The number of hydrogen-bond donors (Lipinski definition) is 1. The molecule has 0 radical (unpaired) electrons. The maximum absolute atomic E-state index is 11.8. The lowest BCUT2D eigenvalue weighted by Crippen LogP contribution is -2.26. The fourth-order valence-electron chi connectivity index (χ4n) is 1.28. The SMILES string of the molecule is CCN(C)C(=O)c1ccc(C#CCCO)cc1. The first kappa shape index (κ1) is 13.3. The zero-order chi connectivity index (χ0) is 12.7. The minimum absolute atomic E-state index is 0.0161. The quantitative estimate of drug-likeness (QED) is 0.801. The van der Waals surface area contributed by atoms with Crippen LogP contribution in [0.4, 0.5) is 0 Å². The third-order valence-electron chi connectivity index (χ3n) is 2.42. The van der Waals surface area contributed by atoms with Gasteiger partial charge in [-0.25, -0.2) is 0 Å². The van der Waals surface area contributed by atoms with Crippen molar-refractivity contribution >= 4 is 5.91 Å². The molecular weight excluding hydrogens is 214 g/mol. The summed E-state index contributed by atoms with van der Waals surface area (Å²) in [5, 5.41) is 8.60. The molecule has 0 heterocycles. The Hall–Kier alpha value is -1.79. The van der Waals surface area contributed by atoms with Gasteiger partial charge in [-0.1, -0.05) is 11.8 Å². The van der Waals surface area contributed by atoms with Crippen LogP contribution in [-0.4, -0.2) is 36.1 Å². The lowest BCUT2D eigenvalue weighted by atomic mass is 10.1. The van der Waals surface area contributed by atoms with Crippen LogP contribution in [0.1, 0.15) is 29.3 Å². The fraction of sp³-hybridized carbons (Fsp3) is 0.357. The molecule has 0 saturated heterocycles. The first-order chi connectivity index (χ1) is 8.19. The Morgan fingerprint density at radius 2 is 2.00 bits per heavy atom. The van der Waals surface area contributed by atoms with E-state index in [1.807, 2.05) is 19.1 Å². The van der Waals surface area contributed by atoms with Gasteiger partial charge >= 0.3 is 0 Å². The maximum atomic E-state index is 11.8. The van der Waals surface area contributed by atoms with Crippen molar-refractivity contribution in [1.29, 1.82) is 0 Å². The summed E-state index contributed by atoms with van der Waals surface area (Å²) in [5.41, 5.74) is 1.52. The van der Waals surface area contributed by atoms with E-state index < -0.39 is 0 Å². The van der Waals surface area contributed by atoms with Crippen molar-refractivity contribution in [1.82, 2.24) is 4.90 Å². The van der Waals surface area contributed by atoms with Crippen molar-refractivity contribution in [2.24, 2.45) is 0 Å². The topological polar surface area (TPSA) is 40.5 Å². The minimum Gasteiger partial charge on any atom is -0.395 e. The Kier molecular flexibility index (Phi) is 5.25. The first-order valence-corrected chi connectivity index (χ1v) is 5.64. The zero-order valence-electron chi connectivity index (χ0n) is 10.2. The lowest BCUT2D eigenvalue weighted by molar-refractivity contribution is 0.0802. The minimum atomic E-state index is 0.0161. The van der Waals surface area contributed by atoms with Crippen LogP contribution >= 0.6 is 0 Å². The second-order valence-electron chi connectivity index (χ2n) is 3.67. The molecule has 3 heteroatoms. The number of carbonyl (C=O) groups is 1. The molecule has 0 aromatic heterocycles. The molecule has 0 saturated carbocycles. The first-order valence-electron chi connectivity index (χ1n) is 5.64. The van der Waals surface area contributed by atoms with Crippen LogP contribution in [-0.2, 0) is 0 Å². The van der Waals surface area contributed by atoms with Crippen LogP contribution in [0.15, 0.2) is 24.3 Å². The van der Waals surface area contributed by atoms with Crippen molar-refractivity contribution in [2.45, 2.75) is 13.3 Å². The summed E-state index contributed by atoms with van der Waals surface area (Å²) in [7, 11) is 1.78. The fourth-order valence-corrected chi connectivity index (χ4v) is 1.28. The van der Waals surface area contributed by atoms with E-state index in [9.17, 15) is 4.79 Å². The largest absolute Gasteiger partial charge is 0.395 e. The molecule has 1 rings (SSSR count). The molecule has 0 spiro atoms. The van der Waals surface area contributed by atoms with Gasteiger partial charge in [0.2, 0.25) is 0 Å². The van der Waals surface area contributed by atoms with E-state index in [1.54, 1.807) is 24.1 Å². The molecule has 0 aliphatic rings. The third-order valence-corrected chi connectivity index (χ3v) is 2.42. The Balaban J connectivity index is 2.75. The van der Waals surface area contributed by atoms with Crippen LogP contribution in [0.25, 0.3) is 0 Å². The standard InChI is InChI=1S/C14H17NO2/c1-3-15(2)14(17)13-9-7-12(8-10-13)6-4-5-11-16/h7-10,16H,3,5,11H2,1-2H3. The molecule has 1 N–H and O–H groups in total. The number of amides is 1. The highest BCUT2D eigenvalue weighted by Gasteiger charge is 2.08. The smallest absolute Gasteiger partial charge is 0.253 e. The molecule has 0 atom stereocenters. The number of rotatable bonds is 3. The molecule has 1 amide bonds. The van der Waals surface area contributed by atoms with Gasteiger partial charge in [-0.05, 0) is 31.2 Å². The number of carbonyl (C=O) groups excluding carboxylic acids is 1. The highest BCUT2D eigenvalue weighted by Crippen LogP contribution is 2.06. The van der Waals surface area contributed by atoms with Crippen molar-refractivity contribution in [3.05, 3.63) is 35.4 Å². The molecule has 0 bridgehead atoms. The number of aliphatic hydroxyl groups excluding tert-OH is 1. The lowest BCUT2D eigenvalue weighted by Gasteiger charge is -2.14. The van der Waals surface area contributed by atoms with E-state index in [2.05, 4.69) is 11.8 Å². The maximum Gasteiger partial charge on any atom is 0.253 e. The Bertz CT molecular complexity index is 426. The Morgan fingerprint density at radius 3 is 2.53 bits per heavy atom. The molecular formula is C14H17NO2. The summed E-state index contributed by atoms with van der Waals surface area (Å²) in [6, 6.07) is 7.19. The van der Waals surface area contributed by atoms with Gasteiger partial charge in [-0.2, -0.15) is 0 Å². The van der Waals surface area contributed by atoms with E-state index in [0.717, 1.165) is 5.56 Å². The van der Waals surface area contributed by atoms with Crippen LogP contribution in [0, 0.1) is 11.8 Å². The summed E-state index contributed by atoms with van der Waals surface area (Å²) in [4.78, 5) is 13.5. The van der Waals surface area contributed by atoms with Crippen molar-refractivity contribution in [3.8, 4) is 11.8 Å². The number of nitrogens with zero attached hydrogens (tertiary/aromatic N) is 1.